The highest BCUT2D eigenvalue weighted by Gasteiger charge is 2.44. The first kappa shape index (κ1) is 18.0. The maximum atomic E-state index is 12.1. The molecule has 0 amide bonds. The molecule has 0 radical (unpaired) electrons. The maximum Gasteiger partial charge on any atom is 0.338 e. The molecule has 130 valence electrons. The van der Waals surface area contributed by atoms with E-state index in [0.717, 1.165) is 36.1 Å². The Bertz CT molecular complexity index is 606. The number of ether oxygens (including phenoxy) is 2. The number of hydrogen-bond donors (Lipinski definition) is 0. The highest BCUT2D eigenvalue weighted by molar-refractivity contribution is 9.10. The molecule has 3 nitrogen and oxygen atoms in total. The molecule has 1 saturated carbocycles. The Morgan fingerprint density at radius 3 is 2.92 bits per heavy atom. The van der Waals surface area contributed by atoms with Crippen LogP contribution in [-0.4, -0.2) is 29.9 Å². The summed E-state index contributed by atoms with van der Waals surface area (Å²) in [5.74, 6) is 1.27. The summed E-state index contributed by atoms with van der Waals surface area (Å²) in [6, 6.07) is 7.27. The van der Waals surface area contributed by atoms with E-state index >= 15 is 0 Å². The molecule has 1 spiro atoms. The third-order valence-corrected chi connectivity index (χ3v) is 6.71. The number of halogens is 1. The van der Waals surface area contributed by atoms with Gasteiger partial charge in [0, 0.05) is 10.2 Å². The molecule has 24 heavy (non-hydrogen) atoms. The molecule has 5 heteroatoms. The van der Waals surface area contributed by atoms with Crippen LogP contribution in [0.5, 0.6) is 0 Å². The van der Waals surface area contributed by atoms with Crippen LogP contribution in [0.1, 0.15) is 43.0 Å². The second-order valence-electron chi connectivity index (χ2n) is 6.21. The molecule has 1 aliphatic carbocycles. The minimum atomic E-state index is -0.249. The van der Waals surface area contributed by atoms with Gasteiger partial charge in [0.2, 0.25) is 0 Å². The largest absolute Gasteiger partial charge is 0.462 e. The Labute approximate surface area is 156 Å². The molecule has 1 aromatic rings. The van der Waals surface area contributed by atoms with Crippen LogP contribution in [-0.2, 0) is 9.47 Å². The number of thioether (sulfide) groups is 1. The highest BCUT2D eigenvalue weighted by Crippen LogP contribution is 2.50. The molecule has 1 aromatic carbocycles. The van der Waals surface area contributed by atoms with Crippen LogP contribution in [0, 0.1) is 5.92 Å². The molecule has 0 unspecified atom stereocenters. The van der Waals surface area contributed by atoms with Crippen molar-refractivity contribution in [2.75, 3.05) is 19.0 Å². The van der Waals surface area contributed by atoms with Crippen LogP contribution in [0.2, 0.25) is 0 Å². The minimum absolute atomic E-state index is 0.104. The molecule has 2 fully saturated rings. The van der Waals surface area contributed by atoms with Crippen molar-refractivity contribution in [3.8, 4) is 0 Å². The lowest BCUT2D eigenvalue weighted by molar-refractivity contribution is 0.0381. The van der Waals surface area contributed by atoms with Gasteiger partial charge < -0.3 is 9.47 Å². The zero-order chi connectivity index (χ0) is 17.0. The van der Waals surface area contributed by atoms with Crippen molar-refractivity contribution in [2.45, 2.75) is 37.5 Å². The predicted octanol–water partition coefficient (Wildman–Crippen LogP) is 5.20. The highest BCUT2D eigenvalue weighted by atomic mass is 79.9. The van der Waals surface area contributed by atoms with Gasteiger partial charge in [-0.2, -0.15) is 0 Å². The summed E-state index contributed by atoms with van der Waals surface area (Å²) >= 11 is 5.31. The Morgan fingerprint density at radius 1 is 1.46 bits per heavy atom. The van der Waals surface area contributed by atoms with E-state index in [-0.39, 0.29) is 10.9 Å². The van der Waals surface area contributed by atoms with Crippen LogP contribution >= 0.6 is 27.7 Å². The lowest BCUT2D eigenvalue weighted by Gasteiger charge is -2.39. The van der Waals surface area contributed by atoms with Crippen molar-refractivity contribution in [1.82, 2.24) is 0 Å². The molecular formula is C19H23BrO3S. The molecule has 2 atom stereocenters. The second-order valence-corrected chi connectivity index (χ2v) is 8.49. The van der Waals surface area contributed by atoms with Gasteiger partial charge >= 0.3 is 5.97 Å². The van der Waals surface area contributed by atoms with E-state index in [1.807, 2.05) is 23.9 Å². The first-order valence-corrected chi connectivity index (χ1v) is 10.3. The molecule has 3 rings (SSSR count). The van der Waals surface area contributed by atoms with Gasteiger partial charge in [0.15, 0.2) is 0 Å². The summed E-state index contributed by atoms with van der Waals surface area (Å²) in [6.45, 7) is 3.40. The third kappa shape index (κ3) is 3.89. The monoisotopic (exact) mass is 410 g/mol. The molecule has 2 aliphatic rings. The number of esters is 1. The van der Waals surface area contributed by atoms with Crippen LogP contribution in [0.4, 0.5) is 0 Å². The Balaban J connectivity index is 1.56. The van der Waals surface area contributed by atoms with Crippen molar-refractivity contribution >= 4 is 33.7 Å². The number of rotatable bonds is 4. The summed E-state index contributed by atoms with van der Waals surface area (Å²) in [5, 5.41) is 0. The van der Waals surface area contributed by atoms with Gasteiger partial charge in [-0.1, -0.05) is 22.0 Å². The van der Waals surface area contributed by atoms with Crippen molar-refractivity contribution < 1.29 is 14.3 Å². The summed E-state index contributed by atoms with van der Waals surface area (Å²) in [4.78, 5) is 12.0. The zero-order valence-electron chi connectivity index (χ0n) is 13.9. The molecule has 1 heterocycles. The van der Waals surface area contributed by atoms with Gasteiger partial charge in [-0.3, -0.25) is 0 Å². The van der Waals surface area contributed by atoms with Crippen LogP contribution in [0.15, 0.2) is 40.4 Å². The van der Waals surface area contributed by atoms with E-state index in [0.29, 0.717) is 18.1 Å². The average molecular weight is 411 g/mol. The number of carbonyl (C=O) groups is 1. The predicted molar refractivity (Wildman–Crippen MR) is 101 cm³/mol. The Kier molecular flexibility index (Phi) is 6.06. The van der Waals surface area contributed by atoms with E-state index in [1.165, 1.54) is 12.0 Å². The lowest BCUT2D eigenvalue weighted by atomic mass is 9.79. The van der Waals surface area contributed by atoms with E-state index in [9.17, 15) is 4.79 Å². The van der Waals surface area contributed by atoms with Gasteiger partial charge in [0.05, 0.1) is 18.8 Å². The standard InChI is InChI=1S/C19H23BrO3S/c1-2-17-14(4-3-10-19(17)23-12-13-24-19)9-11-22-18(21)15-5-7-16(20)8-6-15/h2,5-8,14H,3-4,9-13H2,1H3/b17-2-/t14-,19+/m0/s1. The number of hydrogen-bond acceptors (Lipinski definition) is 4. The maximum absolute atomic E-state index is 12.1. The molecule has 1 saturated heterocycles. The quantitative estimate of drug-likeness (QED) is 0.504. The van der Waals surface area contributed by atoms with Crippen LogP contribution < -0.4 is 0 Å². The normalized spacial score (nSPS) is 28.4. The minimum Gasteiger partial charge on any atom is -0.462 e. The van der Waals surface area contributed by atoms with Gasteiger partial charge in [-0.25, -0.2) is 4.79 Å². The fourth-order valence-electron chi connectivity index (χ4n) is 3.68. The van der Waals surface area contributed by atoms with Gasteiger partial charge in [-0.15, -0.1) is 11.8 Å². The molecule has 0 aromatic heterocycles. The van der Waals surface area contributed by atoms with Crippen molar-refractivity contribution in [3.05, 3.63) is 46.0 Å². The van der Waals surface area contributed by atoms with Crippen molar-refractivity contribution in [1.29, 1.82) is 0 Å². The van der Waals surface area contributed by atoms with Crippen LogP contribution in [0.3, 0.4) is 0 Å². The summed E-state index contributed by atoms with van der Waals surface area (Å²) in [5.41, 5.74) is 2.00. The SMILES string of the molecule is C/C=C1/[C@H](CCOC(=O)c2ccc(Br)cc2)CCC[C@]12OCCS2. The fraction of sp³-hybridized carbons (Fsp3) is 0.526. The zero-order valence-corrected chi connectivity index (χ0v) is 16.3. The fourth-order valence-corrected chi connectivity index (χ4v) is 5.34. The van der Waals surface area contributed by atoms with Gasteiger partial charge in [-0.05, 0) is 68.4 Å². The average Bonchev–Trinajstić information content (AvgIpc) is 3.04. The molecular weight excluding hydrogens is 388 g/mol. The first-order chi connectivity index (χ1) is 11.6. The number of benzene rings is 1. The van der Waals surface area contributed by atoms with Gasteiger partial charge in [0.1, 0.15) is 4.93 Å². The number of allylic oxidation sites excluding steroid dienone is 1. The smallest absolute Gasteiger partial charge is 0.338 e. The van der Waals surface area contributed by atoms with Crippen molar-refractivity contribution in [3.63, 3.8) is 0 Å². The molecule has 1 aliphatic heterocycles. The first-order valence-electron chi connectivity index (χ1n) is 8.52. The topological polar surface area (TPSA) is 35.5 Å². The van der Waals surface area contributed by atoms with Crippen molar-refractivity contribution in [2.24, 2.45) is 5.92 Å². The number of carbonyl (C=O) groups excluding carboxylic acids is 1. The third-order valence-electron chi connectivity index (χ3n) is 4.78. The summed E-state index contributed by atoms with van der Waals surface area (Å²) in [7, 11) is 0. The Morgan fingerprint density at radius 2 is 2.25 bits per heavy atom. The molecule has 0 bridgehead atoms. The van der Waals surface area contributed by atoms with E-state index in [1.54, 1.807) is 12.1 Å². The Hall–Kier alpha value is -0.780. The summed E-state index contributed by atoms with van der Waals surface area (Å²) < 4.78 is 12.5. The summed E-state index contributed by atoms with van der Waals surface area (Å²) in [6.07, 6.45) is 6.52. The lowest BCUT2D eigenvalue weighted by Crippen LogP contribution is -2.35. The van der Waals surface area contributed by atoms with E-state index in [4.69, 9.17) is 9.47 Å². The van der Waals surface area contributed by atoms with E-state index in [2.05, 4.69) is 28.9 Å². The van der Waals surface area contributed by atoms with E-state index < -0.39 is 0 Å². The second kappa shape index (κ2) is 8.07. The van der Waals surface area contributed by atoms with Crippen LogP contribution in [0.25, 0.3) is 0 Å². The molecule has 0 N–H and O–H groups in total. The van der Waals surface area contributed by atoms with Gasteiger partial charge in [0.25, 0.3) is 0 Å².